The summed E-state index contributed by atoms with van der Waals surface area (Å²) in [6, 6.07) is 6.29. The molecule has 1 aliphatic rings. The maximum Gasteiger partial charge on any atom is 0.272 e. The number of nitrogens with one attached hydrogen (secondary N) is 1. The van der Waals surface area contributed by atoms with Gasteiger partial charge in [0.25, 0.3) is 5.69 Å². The molecule has 1 aliphatic heterocycles. The Hall–Kier alpha value is -1.68. The minimum atomic E-state index is -0.326. The molecule has 1 heterocycles. The monoisotopic (exact) mass is 260 g/mol. The van der Waals surface area contributed by atoms with Crippen molar-refractivity contribution < 1.29 is 4.92 Å². The smallest absolute Gasteiger partial charge is 0.272 e. The van der Waals surface area contributed by atoms with Crippen LogP contribution in [0.5, 0.6) is 0 Å². The van der Waals surface area contributed by atoms with Gasteiger partial charge in [0.05, 0.1) is 4.92 Å². The Labute approximate surface area is 113 Å². The molecule has 2 rings (SSSR count). The van der Waals surface area contributed by atoms with E-state index in [1.807, 2.05) is 12.1 Å². The number of nitro benzene ring substituents is 1. The minimum Gasteiger partial charge on any atom is -0.308 e. The summed E-state index contributed by atoms with van der Waals surface area (Å²) in [5.41, 5.74) is 1.77. The van der Waals surface area contributed by atoms with Crippen LogP contribution < -0.4 is 5.32 Å². The van der Waals surface area contributed by atoms with Gasteiger partial charge in [-0.25, -0.2) is 0 Å². The van der Waals surface area contributed by atoms with Gasteiger partial charge in [-0.15, -0.1) is 0 Å². The lowest BCUT2D eigenvalue weighted by Crippen LogP contribution is -2.39. The van der Waals surface area contributed by atoms with E-state index in [1.165, 1.54) is 12.8 Å². The molecule has 19 heavy (non-hydrogen) atoms. The Morgan fingerprint density at radius 3 is 2.89 bits per heavy atom. The number of aryl methyl sites for hydroxylation is 1. The van der Waals surface area contributed by atoms with E-state index in [9.17, 15) is 10.1 Å². The van der Waals surface area contributed by atoms with Crippen LogP contribution in [0.1, 0.15) is 37.3 Å². The molecule has 4 heteroatoms. The molecule has 102 valence electrons. The van der Waals surface area contributed by atoms with Gasteiger partial charge >= 0.3 is 0 Å². The third kappa shape index (κ3) is 3.64. The molecule has 0 saturated carbocycles. The summed E-state index contributed by atoms with van der Waals surface area (Å²) in [7, 11) is 0. The van der Waals surface area contributed by atoms with Crippen LogP contribution in [-0.2, 0) is 0 Å². The van der Waals surface area contributed by atoms with Gasteiger partial charge in [0.2, 0.25) is 0 Å². The number of benzene rings is 1. The average Bonchev–Trinajstić information content (AvgIpc) is 2.37. The van der Waals surface area contributed by atoms with Crippen LogP contribution in [0.15, 0.2) is 24.3 Å². The molecule has 0 radical (unpaired) electrons. The number of rotatable bonds is 3. The van der Waals surface area contributed by atoms with E-state index in [0.717, 1.165) is 12.0 Å². The van der Waals surface area contributed by atoms with E-state index in [2.05, 4.69) is 18.3 Å². The predicted molar refractivity (Wildman–Crippen MR) is 77.1 cm³/mol. The van der Waals surface area contributed by atoms with Crippen molar-refractivity contribution in [3.05, 3.63) is 45.5 Å². The minimum absolute atomic E-state index is 0.187. The number of nitrogens with zero attached hydrogens (tertiary/aromatic N) is 1. The van der Waals surface area contributed by atoms with Crippen molar-refractivity contribution >= 4 is 11.8 Å². The van der Waals surface area contributed by atoms with Crippen LogP contribution in [0.4, 0.5) is 5.69 Å². The third-order valence-electron chi connectivity index (χ3n) is 3.60. The summed E-state index contributed by atoms with van der Waals surface area (Å²) in [5, 5.41) is 14.4. The maximum atomic E-state index is 10.9. The van der Waals surface area contributed by atoms with Gasteiger partial charge in [0.1, 0.15) is 0 Å². The molecule has 0 amide bonds. The second kappa shape index (κ2) is 5.97. The summed E-state index contributed by atoms with van der Waals surface area (Å²) < 4.78 is 0. The zero-order valence-electron chi connectivity index (χ0n) is 11.4. The molecule has 1 N–H and O–H groups in total. The first-order valence-electron chi connectivity index (χ1n) is 6.75. The van der Waals surface area contributed by atoms with Crippen molar-refractivity contribution in [3.8, 4) is 0 Å². The highest BCUT2D eigenvalue weighted by Gasteiger charge is 2.15. The Balaban J connectivity index is 2.10. The molecule has 0 bridgehead atoms. The van der Waals surface area contributed by atoms with E-state index in [4.69, 9.17) is 0 Å². The fraction of sp³-hybridized carbons (Fsp3) is 0.467. The zero-order chi connectivity index (χ0) is 13.8. The third-order valence-corrected chi connectivity index (χ3v) is 3.60. The molecule has 2 unspecified atom stereocenters. The first-order valence-corrected chi connectivity index (χ1v) is 6.75. The van der Waals surface area contributed by atoms with E-state index in [-0.39, 0.29) is 10.6 Å². The normalized spacial score (nSPS) is 23.7. The summed E-state index contributed by atoms with van der Waals surface area (Å²) in [5.74, 6) is 0. The zero-order valence-corrected chi connectivity index (χ0v) is 11.4. The number of hydrogen-bond acceptors (Lipinski definition) is 3. The van der Waals surface area contributed by atoms with E-state index in [0.29, 0.717) is 17.6 Å². The highest BCUT2D eigenvalue weighted by molar-refractivity contribution is 5.56. The molecule has 0 spiro atoms. The highest BCUT2D eigenvalue weighted by Crippen LogP contribution is 2.21. The lowest BCUT2D eigenvalue weighted by Gasteiger charge is -2.26. The van der Waals surface area contributed by atoms with E-state index >= 15 is 0 Å². The first-order chi connectivity index (χ1) is 9.06. The van der Waals surface area contributed by atoms with Gasteiger partial charge in [-0.2, -0.15) is 0 Å². The first kappa shape index (κ1) is 13.7. The highest BCUT2D eigenvalue weighted by atomic mass is 16.6. The van der Waals surface area contributed by atoms with Crippen molar-refractivity contribution in [1.29, 1.82) is 0 Å². The van der Waals surface area contributed by atoms with Gasteiger partial charge in [-0.1, -0.05) is 30.7 Å². The SMILES string of the molecule is Cc1ccc(/C=C/C2CCCC(C)N2)cc1[N+](=O)[O-]. The van der Waals surface area contributed by atoms with Crippen LogP contribution in [0.3, 0.4) is 0 Å². The Morgan fingerprint density at radius 2 is 2.21 bits per heavy atom. The van der Waals surface area contributed by atoms with Gasteiger partial charge in [0, 0.05) is 23.7 Å². The van der Waals surface area contributed by atoms with E-state index < -0.39 is 0 Å². The second-order valence-corrected chi connectivity index (χ2v) is 5.27. The van der Waals surface area contributed by atoms with Gasteiger partial charge in [-0.05, 0) is 32.3 Å². The molecule has 2 atom stereocenters. The predicted octanol–water partition coefficient (Wildman–Crippen LogP) is 3.45. The van der Waals surface area contributed by atoms with Crippen LogP contribution in [0.2, 0.25) is 0 Å². The molecule has 1 aromatic carbocycles. The van der Waals surface area contributed by atoms with Gasteiger partial charge in [0.15, 0.2) is 0 Å². The molecule has 1 aromatic rings. The fourth-order valence-electron chi connectivity index (χ4n) is 2.48. The van der Waals surface area contributed by atoms with Crippen molar-refractivity contribution in [3.63, 3.8) is 0 Å². The molecular formula is C15H20N2O2. The standard InChI is InChI=1S/C15H20N2O2/c1-11-6-7-13(10-15(11)17(18)19)8-9-14-5-3-4-12(2)16-14/h6-10,12,14,16H,3-5H2,1-2H3/b9-8+. The summed E-state index contributed by atoms with van der Waals surface area (Å²) in [6.45, 7) is 3.95. The lowest BCUT2D eigenvalue weighted by atomic mass is 9.98. The Kier molecular flexibility index (Phi) is 4.32. The Bertz CT molecular complexity index is 497. The summed E-state index contributed by atoms with van der Waals surface area (Å²) in [4.78, 5) is 10.6. The average molecular weight is 260 g/mol. The molecule has 1 saturated heterocycles. The van der Waals surface area contributed by atoms with Crippen molar-refractivity contribution in [2.75, 3.05) is 0 Å². The fourth-order valence-corrected chi connectivity index (χ4v) is 2.48. The molecule has 0 aliphatic carbocycles. The largest absolute Gasteiger partial charge is 0.308 e. The Morgan fingerprint density at radius 1 is 1.42 bits per heavy atom. The topological polar surface area (TPSA) is 55.2 Å². The number of piperidine rings is 1. The lowest BCUT2D eigenvalue weighted by molar-refractivity contribution is -0.385. The number of hydrogen-bond donors (Lipinski definition) is 1. The quantitative estimate of drug-likeness (QED) is 0.669. The summed E-state index contributed by atoms with van der Waals surface area (Å²) in [6.07, 6.45) is 7.68. The molecule has 0 aromatic heterocycles. The van der Waals surface area contributed by atoms with E-state index in [1.54, 1.807) is 19.1 Å². The van der Waals surface area contributed by atoms with Crippen molar-refractivity contribution in [2.45, 2.75) is 45.2 Å². The van der Waals surface area contributed by atoms with Crippen LogP contribution in [0, 0.1) is 17.0 Å². The van der Waals surface area contributed by atoms with Gasteiger partial charge in [-0.3, -0.25) is 10.1 Å². The maximum absolute atomic E-state index is 10.9. The summed E-state index contributed by atoms with van der Waals surface area (Å²) >= 11 is 0. The van der Waals surface area contributed by atoms with Crippen molar-refractivity contribution in [1.82, 2.24) is 5.32 Å². The van der Waals surface area contributed by atoms with Crippen molar-refractivity contribution in [2.24, 2.45) is 0 Å². The molecular weight excluding hydrogens is 240 g/mol. The second-order valence-electron chi connectivity index (χ2n) is 5.27. The number of nitro groups is 1. The van der Waals surface area contributed by atoms with Crippen LogP contribution in [-0.4, -0.2) is 17.0 Å². The van der Waals surface area contributed by atoms with Crippen LogP contribution in [0.25, 0.3) is 6.08 Å². The van der Waals surface area contributed by atoms with Gasteiger partial charge < -0.3 is 5.32 Å². The van der Waals surface area contributed by atoms with Crippen LogP contribution >= 0.6 is 0 Å². The molecule has 1 fully saturated rings. The molecule has 4 nitrogen and oxygen atoms in total.